The summed E-state index contributed by atoms with van der Waals surface area (Å²) in [5.41, 5.74) is 1.01. The van der Waals surface area contributed by atoms with Gasteiger partial charge in [-0.25, -0.2) is 4.79 Å². The smallest absolute Gasteiger partial charge is 0.414 e. The molecule has 1 heterocycles. The summed E-state index contributed by atoms with van der Waals surface area (Å²) < 4.78 is 5.36. The number of carbonyl (C=O) groups is 1. The van der Waals surface area contributed by atoms with Crippen molar-refractivity contribution in [2.75, 3.05) is 11.4 Å². The van der Waals surface area contributed by atoms with Crippen LogP contribution in [0.1, 0.15) is 32.8 Å². The van der Waals surface area contributed by atoms with Crippen molar-refractivity contribution in [1.29, 1.82) is 0 Å². The Morgan fingerprint density at radius 2 is 2.10 bits per heavy atom. The third kappa shape index (κ3) is 3.07. The van der Waals surface area contributed by atoms with Gasteiger partial charge in [-0.15, -0.1) is 0 Å². The van der Waals surface area contributed by atoms with Crippen LogP contribution in [0.15, 0.2) is 18.2 Å². The molecule has 0 N–H and O–H groups in total. The summed E-state index contributed by atoms with van der Waals surface area (Å²) in [6.07, 6.45) is 1.09. The first-order chi connectivity index (χ1) is 9.28. The second-order valence-electron chi connectivity index (χ2n) is 5.81. The Labute approximate surface area is 117 Å². The van der Waals surface area contributed by atoms with E-state index in [1.54, 1.807) is 11.0 Å². The summed E-state index contributed by atoms with van der Waals surface area (Å²) in [5, 5.41) is 10.8. The minimum atomic E-state index is -0.560. The molecule has 1 aliphatic heterocycles. The van der Waals surface area contributed by atoms with Gasteiger partial charge in [0, 0.05) is 18.7 Å². The molecule has 1 aliphatic rings. The van der Waals surface area contributed by atoms with Gasteiger partial charge in [-0.1, -0.05) is 0 Å². The van der Waals surface area contributed by atoms with E-state index < -0.39 is 16.6 Å². The van der Waals surface area contributed by atoms with Crippen molar-refractivity contribution in [3.8, 4) is 0 Å². The predicted molar refractivity (Wildman–Crippen MR) is 75.0 cm³/mol. The van der Waals surface area contributed by atoms with E-state index in [9.17, 15) is 14.9 Å². The molecule has 1 aromatic rings. The molecule has 1 amide bonds. The van der Waals surface area contributed by atoms with Crippen LogP contribution in [0.5, 0.6) is 0 Å². The van der Waals surface area contributed by atoms with Crippen LogP contribution in [-0.2, 0) is 11.2 Å². The predicted octanol–water partition coefficient (Wildman–Crippen LogP) is 3.28. The van der Waals surface area contributed by atoms with E-state index in [4.69, 9.17) is 4.74 Å². The molecular weight excluding hydrogens is 260 g/mol. The van der Waals surface area contributed by atoms with Gasteiger partial charge in [-0.3, -0.25) is 15.0 Å². The summed E-state index contributed by atoms with van der Waals surface area (Å²) in [6, 6.07) is 4.57. The van der Waals surface area contributed by atoms with E-state index >= 15 is 0 Å². The number of carbonyl (C=O) groups excluding carboxylic acids is 1. The first kappa shape index (κ1) is 14.3. The second kappa shape index (κ2) is 5.11. The number of rotatable bonds is 1. The molecule has 0 fully saturated rings. The quantitative estimate of drug-likeness (QED) is 0.583. The zero-order chi connectivity index (χ0) is 14.9. The summed E-state index contributed by atoms with van der Waals surface area (Å²) in [5.74, 6) is 0. The van der Waals surface area contributed by atoms with Crippen molar-refractivity contribution in [2.45, 2.75) is 39.2 Å². The Balaban J connectivity index is 2.29. The first-order valence-corrected chi connectivity index (χ1v) is 6.56. The van der Waals surface area contributed by atoms with Crippen LogP contribution in [0.3, 0.4) is 0 Å². The van der Waals surface area contributed by atoms with Crippen molar-refractivity contribution < 1.29 is 14.5 Å². The van der Waals surface area contributed by atoms with Gasteiger partial charge in [-0.05, 0) is 45.2 Å². The molecule has 0 aromatic heterocycles. The highest BCUT2D eigenvalue weighted by molar-refractivity contribution is 5.89. The van der Waals surface area contributed by atoms with Gasteiger partial charge in [0.15, 0.2) is 0 Å². The van der Waals surface area contributed by atoms with Gasteiger partial charge in [-0.2, -0.15) is 0 Å². The van der Waals surface area contributed by atoms with Crippen molar-refractivity contribution in [3.63, 3.8) is 0 Å². The Morgan fingerprint density at radius 1 is 1.40 bits per heavy atom. The second-order valence-corrected chi connectivity index (χ2v) is 5.81. The number of hydrogen-bond donors (Lipinski definition) is 0. The molecule has 108 valence electrons. The van der Waals surface area contributed by atoms with Crippen LogP contribution < -0.4 is 4.90 Å². The Morgan fingerprint density at radius 3 is 2.70 bits per heavy atom. The molecule has 0 radical (unpaired) electrons. The molecule has 20 heavy (non-hydrogen) atoms. The molecular formula is C14H18N2O4. The van der Waals surface area contributed by atoms with Gasteiger partial charge in [0.05, 0.1) is 10.6 Å². The zero-order valence-electron chi connectivity index (χ0n) is 11.9. The number of ether oxygens (including phenoxy) is 1. The number of amides is 1. The van der Waals surface area contributed by atoms with E-state index in [-0.39, 0.29) is 5.69 Å². The Bertz CT molecular complexity index is 549. The Kier molecular flexibility index (Phi) is 3.65. The number of nitro groups is 1. The highest BCUT2D eigenvalue weighted by Crippen LogP contribution is 2.31. The summed E-state index contributed by atoms with van der Waals surface area (Å²) in [4.78, 5) is 24.1. The number of non-ortho nitro benzene ring substituents is 1. The maximum Gasteiger partial charge on any atom is 0.414 e. The van der Waals surface area contributed by atoms with Crippen molar-refractivity contribution in [2.24, 2.45) is 0 Å². The van der Waals surface area contributed by atoms with Crippen LogP contribution in [0.2, 0.25) is 0 Å². The lowest BCUT2D eigenvalue weighted by atomic mass is 10.0. The van der Waals surface area contributed by atoms with Crippen molar-refractivity contribution >= 4 is 17.5 Å². The minimum absolute atomic E-state index is 0.0507. The normalized spacial score (nSPS) is 14.7. The third-order valence-corrected chi connectivity index (χ3v) is 3.01. The van der Waals surface area contributed by atoms with E-state index in [1.807, 2.05) is 20.8 Å². The number of benzene rings is 1. The maximum atomic E-state index is 12.2. The largest absolute Gasteiger partial charge is 0.443 e. The van der Waals surface area contributed by atoms with Crippen LogP contribution in [0, 0.1) is 10.1 Å². The fourth-order valence-electron chi connectivity index (χ4n) is 2.20. The molecule has 6 nitrogen and oxygen atoms in total. The molecule has 0 bridgehead atoms. The highest BCUT2D eigenvalue weighted by atomic mass is 16.6. The molecule has 0 aliphatic carbocycles. The van der Waals surface area contributed by atoms with Gasteiger partial charge < -0.3 is 4.74 Å². The lowest BCUT2D eigenvalue weighted by Crippen LogP contribution is -2.39. The first-order valence-electron chi connectivity index (χ1n) is 6.56. The van der Waals surface area contributed by atoms with E-state index in [2.05, 4.69) is 0 Å². The van der Waals surface area contributed by atoms with Gasteiger partial charge in [0.1, 0.15) is 5.60 Å². The van der Waals surface area contributed by atoms with Crippen molar-refractivity contribution in [1.82, 2.24) is 0 Å². The van der Waals surface area contributed by atoms with Crippen LogP contribution in [0.25, 0.3) is 0 Å². The molecule has 0 spiro atoms. The number of nitro benzene ring substituents is 1. The van der Waals surface area contributed by atoms with Gasteiger partial charge in [0.2, 0.25) is 0 Å². The van der Waals surface area contributed by atoms with Crippen molar-refractivity contribution in [3.05, 3.63) is 33.9 Å². The van der Waals surface area contributed by atoms with E-state index in [1.165, 1.54) is 12.1 Å². The SMILES string of the molecule is CC(C)(C)OC(=O)N1CCCc2cc([N+](=O)[O-])ccc21. The molecule has 0 unspecified atom stereocenters. The molecule has 0 atom stereocenters. The number of nitrogens with zero attached hydrogens (tertiary/aromatic N) is 2. The van der Waals surface area contributed by atoms with Gasteiger partial charge >= 0.3 is 6.09 Å². The number of fused-ring (bicyclic) bond motifs is 1. The fourth-order valence-corrected chi connectivity index (χ4v) is 2.20. The van der Waals surface area contributed by atoms with E-state index in [0.717, 1.165) is 18.4 Å². The molecule has 2 rings (SSSR count). The van der Waals surface area contributed by atoms with Crippen LogP contribution in [-0.4, -0.2) is 23.2 Å². The van der Waals surface area contributed by atoms with Crippen LogP contribution in [0.4, 0.5) is 16.2 Å². The third-order valence-electron chi connectivity index (χ3n) is 3.01. The number of aryl methyl sites for hydroxylation is 1. The standard InChI is InChI=1S/C14H18N2O4/c1-14(2,3)20-13(17)15-8-4-5-10-9-11(16(18)19)6-7-12(10)15/h6-7,9H,4-5,8H2,1-3H3. The maximum absolute atomic E-state index is 12.2. The average Bonchev–Trinajstić information content (AvgIpc) is 2.35. The molecule has 0 saturated heterocycles. The molecule has 1 aromatic carbocycles. The highest BCUT2D eigenvalue weighted by Gasteiger charge is 2.28. The number of hydrogen-bond acceptors (Lipinski definition) is 4. The average molecular weight is 278 g/mol. The lowest BCUT2D eigenvalue weighted by molar-refractivity contribution is -0.384. The minimum Gasteiger partial charge on any atom is -0.443 e. The fraction of sp³-hybridized carbons (Fsp3) is 0.500. The van der Waals surface area contributed by atoms with E-state index in [0.29, 0.717) is 12.2 Å². The summed E-state index contributed by atoms with van der Waals surface area (Å²) in [7, 11) is 0. The monoisotopic (exact) mass is 278 g/mol. The number of anilines is 1. The Hall–Kier alpha value is -2.11. The molecule has 6 heteroatoms. The summed E-state index contributed by atoms with van der Waals surface area (Å²) in [6.45, 7) is 6.00. The van der Waals surface area contributed by atoms with Gasteiger partial charge in [0.25, 0.3) is 5.69 Å². The zero-order valence-corrected chi connectivity index (χ0v) is 11.9. The molecule has 0 saturated carbocycles. The lowest BCUT2D eigenvalue weighted by Gasteiger charge is -2.31. The topological polar surface area (TPSA) is 72.7 Å². The summed E-state index contributed by atoms with van der Waals surface area (Å²) >= 11 is 0. The van der Waals surface area contributed by atoms with Crippen LogP contribution >= 0.6 is 0 Å².